The molecule has 2 heterocycles. The summed E-state index contributed by atoms with van der Waals surface area (Å²) in [5, 5.41) is 28.5. The first-order valence-corrected chi connectivity index (χ1v) is 22.8. The molecule has 2 aromatic heterocycles. The van der Waals surface area contributed by atoms with Gasteiger partial charge in [0.25, 0.3) is 0 Å². The summed E-state index contributed by atoms with van der Waals surface area (Å²) in [7, 11) is 3.05. The van der Waals surface area contributed by atoms with Crippen molar-refractivity contribution in [2.24, 2.45) is 0 Å². The molecule has 1 aliphatic rings. The van der Waals surface area contributed by atoms with Crippen molar-refractivity contribution < 1.29 is 56.2 Å². The van der Waals surface area contributed by atoms with E-state index in [0.29, 0.717) is 98.8 Å². The van der Waals surface area contributed by atoms with Crippen LogP contribution < -0.4 is 29.6 Å². The van der Waals surface area contributed by atoms with Gasteiger partial charge in [-0.15, -0.1) is 0 Å². The van der Waals surface area contributed by atoms with Gasteiger partial charge in [-0.1, -0.05) is 36.4 Å². The number of hydrogen-bond acceptors (Lipinski definition) is 14. The van der Waals surface area contributed by atoms with Crippen LogP contribution in [0.25, 0.3) is 21.8 Å². The number of halogens is 4. The van der Waals surface area contributed by atoms with E-state index in [1.165, 1.54) is 43.5 Å². The van der Waals surface area contributed by atoms with Gasteiger partial charge in [0.1, 0.15) is 47.7 Å². The van der Waals surface area contributed by atoms with E-state index in [-0.39, 0.29) is 43.6 Å². The summed E-state index contributed by atoms with van der Waals surface area (Å²) in [5.41, 5.74) is -3.07. The van der Waals surface area contributed by atoms with Crippen LogP contribution in [0.4, 0.5) is 29.2 Å². The lowest BCUT2D eigenvalue weighted by molar-refractivity contribution is -0.168. The lowest BCUT2D eigenvalue weighted by Crippen LogP contribution is -2.40. The van der Waals surface area contributed by atoms with Crippen molar-refractivity contribution in [2.45, 2.75) is 103 Å². The lowest BCUT2D eigenvalue weighted by atomic mass is 9.91. The second-order valence-corrected chi connectivity index (χ2v) is 18.1. The summed E-state index contributed by atoms with van der Waals surface area (Å²) in [4.78, 5) is 18.5. The zero-order valence-electron chi connectivity index (χ0n) is 40.1. The van der Waals surface area contributed by atoms with Gasteiger partial charge < -0.3 is 49.3 Å². The number of methoxy groups -OCH3 is 2. The molecule has 1 atom stereocenters. The molecule has 1 aliphatic carbocycles. The highest BCUT2D eigenvalue weighted by molar-refractivity contribution is 5.93. The summed E-state index contributed by atoms with van der Waals surface area (Å²) in [5.74, 6) is -3.52. The molecule has 0 radical (unpaired) electrons. The van der Waals surface area contributed by atoms with E-state index in [4.69, 9.17) is 33.4 Å². The molecule has 370 valence electrons. The largest absolute Gasteiger partial charge is 0.493 e. The van der Waals surface area contributed by atoms with Crippen LogP contribution in [0.5, 0.6) is 23.0 Å². The van der Waals surface area contributed by atoms with E-state index in [9.17, 15) is 19.0 Å². The number of alkyl halides is 4. The zero-order chi connectivity index (χ0) is 49.7. The van der Waals surface area contributed by atoms with Crippen molar-refractivity contribution in [2.75, 3.05) is 57.9 Å². The maximum Gasteiger partial charge on any atom is 0.300 e. The second-order valence-electron chi connectivity index (χ2n) is 18.1. The standard InChI is InChI=1S/C51H60F4N6O8/c1-30-57-40-27-42(64-7)44(25-37(40)46(59-30)56-29-32-11-9-13-34(23-32)50(52,53)48(3,4)62)68-20-19-66-18-17-39(33-12-10-14-35(24-33)51(54,55)49(5,6)63)61-47-38-26-45(69-22-21-67-36-15-16-36)43(65-8)28-41(38)58-31(2)60-47/h9-14,23-28,36,39,62-63H,15-22,29H2,1-8H3,(H,56,57,59)(H,58,60,61)/t39-/m1/s1. The Morgan fingerprint density at radius 1 is 0.638 bits per heavy atom. The van der Waals surface area contributed by atoms with Gasteiger partial charge in [-0.2, -0.15) is 17.6 Å². The average molecular weight is 961 g/mol. The molecule has 0 unspecified atom stereocenters. The minimum Gasteiger partial charge on any atom is -0.493 e. The zero-order valence-corrected chi connectivity index (χ0v) is 40.1. The third-order valence-electron chi connectivity index (χ3n) is 11.7. The Bertz CT molecular complexity index is 2750. The Balaban J connectivity index is 1.07. The van der Waals surface area contributed by atoms with Crippen molar-refractivity contribution in [3.8, 4) is 23.0 Å². The predicted octanol–water partition coefficient (Wildman–Crippen LogP) is 9.74. The molecule has 6 aromatic rings. The summed E-state index contributed by atoms with van der Waals surface area (Å²) in [6.07, 6.45) is 2.66. The van der Waals surface area contributed by atoms with Crippen molar-refractivity contribution in [3.63, 3.8) is 0 Å². The number of nitrogens with one attached hydrogen (secondary N) is 2. The van der Waals surface area contributed by atoms with Crippen LogP contribution in [-0.4, -0.2) is 94.7 Å². The average Bonchev–Trinajstić information content (AvgIpc) is 4.14. The summed E-state index contributed by atoms with van der Waals surface area (Å²) in [6, 6.07) is 18.1. The fraction of sp³-hybridized carbons (Fsp3) is 0.451. The fourth-order valence-corrected chi connectivity index (χ4v) is 7.62. The molecule has 4 aromatic carbocycles. The first-order valence-electron chi connectivity index (χ1n) is 22.8. The van der Waals surface area contributed by atoms with Gasteiger partial charge >= 0.3 is 11.8 Å². The molecule has 0 aliphatic heterocycles. The van der Waals surface area contributed by atoms with Crippen LogP contribution in [0, 0.1) is 13.8 Å². The highest BCUT2D eigenvalue weighted by Gasteiger charge is 2.48. The van der Waals surface area contributed by atoms with Gasteiger partial charge in [-0.25, -0.2) is 19.9 Å². The third kappa shape index (κ3) is 12.0. The molecule has 14 nitrogen and oxygen atoms in total. The van der Waals surface area contributed by atoms with Crippen LogP contribution >= 0.6 is 0 Å². The summed E-state index contributed by atoms with van der Waals surface area (Å²) >= 11 is 0. The van der Waals surface area contributed by atoms with E-state index in [1.807, 2.05) is 0 Å². The highest BCUT2D eigenvalue weighted by atomic mass is 19.3. The van der Waals surface area contributed by atoms with Crippen LogP contribution in [-0.2, 0) is 27.9 Å². The number of hydrogen-bond donors (Lipinski definition) is 4. The van der Waals surface area contributed by atoms with Crippen LogP contribution in [0.1, 0.15) is 86.9 Å². The molecule has 0 bridgehead atoms. The van der Waals surface area contributed by atoms with Crippen LogP contribution in [0.2, 0.25) is 0 Å². The van der Waals surface area contributed by atoms with Crippen molar-refractivity contribution >= 4 is 33.4 Å². The van der Waals surface area contributed by atoms with E-state index in [2.05, 4.69) is 25.6 Å². The molecule has 1 saturated carbocycles. The second kappa shape index (κ2) is 20.9. The maximum atomic E-state index is 15.6. The Hall–Kier alpha value is -6.08. The number of rotatable bonds is 24. The number of anilines is 2. The van der Waals surface area contributed by atoms with Gasteiger partial charge in [0.15, 0.2) is 23.0 Å². The van der Waals surface area contributed by atoms with Gasteiger partial charge in [0.05, 0.1) is 50.6 Å². The number of benzene rings is 4. The molecule has 0 saturated heterocycles. The molecule has 7 rings (SSSR count). The number of aliphatic hydroxyl groups is 2. The van der Waals surface area contributed by atoms with Crippen molar-refractivity contribution in [3.05, 3.63) is 107 Å². The Labute approximate surface area is 398 Å². The van der Waals surface area contributed by atoms with Gasteiger partial charge in [0.2, 0.25) is 0 Å². The predicted molar refractivity (Wildman–Crippen MR) is 254 cm³/mol. The molecule has 4 N–H and O–H groups in total. The van der Waals surface area contributed by atoms with Crippen LogP contribution in [0.3, 0.4) is 0 Å². The topological polar surface area (TPSA) is 171 Å². The van der Waals surface area contributed by atoms with E-state index < -0.39 is 29.1 Å². The molecule has 0 amide bonds. The third-order valence-corrected chi connectivity index (χ3v) is 11.7. The molecule has 0 spiro atoms. The van der Waals surface area contributed by atoms with Crippen molar-refractivity contribution in [1.82, 2.24) is 19.9 Å². The maximum absolute atomic E-state index is 15.6. The molecule has 1 fully saturated rings. The first-order chi connectivity index (χ1) is 32.7. The number of ether oxygens (including phenoxy) is 6. The van der Waals surface area contributed by atoms with Crippen LogP contribution in [0.15, 0.2) is 72.8 Å². The number of aromatic nitrogens is 4. The summed E-state index contributed by atoms with van der Waals surface area (Å²) < 4.78 is 96.5. The normalized spacial score (nSPS) is 13.9. The monoisotopic (exact) mass is 960 g/mol. The Morgan fingerprint density at radius 3 is 1.74 bits per heavy atom. The minimum atomic E-state index is -3.57. The van der Waals surface area contributed by atoms with E-state index >= 15 is 8.78 Å². The number of aryl methyl sites for hydroxylation is 2. The highest BCUT2D eigenvalue weighted by Crippen LogP contribution is 2.42. The van der Waals surface area contributed by atoms with Gasteiger partial charge in [-0.3, -0.25) is 0 Å². The first kappa shape index (κ1) is 50.8. The molecule has 69 heavy (non-hydrogen) atoms. The molecule has 18 heteroatoms. The quantitative estimate of drug-likeness (QED) is 0.0334. The Kier molecular flexibility index (Phi) is 15.4. The number of nitrogens with zero attached hydrogens (tertiary/aromatic N) is 4. The SMILES string of the molecule is COc1cc2nc(C)nc(NCc3cccc(C(F)(F)C(C)(C)O)c3)c2cc1OCCOCC[C@@H](Nc1nc(C)nc2cc(OC)c(OCCOC3CC3)cc12)c1cccc(C(F)(F)C(C)(C)O)c1. The fourth-order valence-electron chi connectivity index (χ4n) is 7.62. The van der Waals surface area contributed by atoms with Gasteiger partial charge in [-0.05, 0) is 96.2 Å². The van der Waals surface area contributed by atoms with Crippen molar-refractivity contribution in [1.29, 1.82) is 0 Å². The molecular formula is C51H60F4N6O8. The molecular weight excluding hydrogens is 901 g/mol. The smallest absolute Gasteiger partial charge is 0.300 e. The van der Waals surface area contributed by atoms with Gasteiger partial charge in [0, 0.05) is 47.2 Å². The number of fused-ring (bicyclic) bond motifs is 2. The van der Waals surface area contributed by atoms with E-state index in [1.54, 1.807) is 57.4 Å². The Morgan fingerprint density at radius 2 is 1.17 bits per heavy atom. The lowest BCUT2D eigenvalue weighted by Gasteiger charge is -2.30. The minimum absolute atomic E-state index is 0.0942. The summed E-state index contributed by atoms with van der Waals surface area (Å²) in [6.45, 7) is 9.02. The van der Waals surface area contributed by atoms with E-state index in [0.717, 1.165) is 40.5 Å².